The van der Waals surface area contributed by atoms with E-state index in [2.05, 4.69) is 10.6 Å². The van der Waals surface area contributed by atoms with Gasteiger partial charge in [0.25, 0.3) is 0 Å². The fraction of sp³-hybridized carbons (Fsp3) is 0.438. The van der Waals surface area contributed by atoms with E-state index in [0.29, 0.717) is 25.3 Å². The van der Waals surface area contributed by atoms with Gasteiger partial charge in [0.1, 0.15) is 0 Å². The van der Waals surface area contributed by atoms with Crippen molar-refractivity contribution >= 4 is 23.5 Å². The third kappa shape index (κ3) is 4.07. The fourth-order valence-corrected chi connectivity index (χ4v) is 2.45. The van der Waals surface area contributed by atoms with Crippen LogP contribution < -0.4 is 10.6 Å². The van der Waals surface area contributed by atoms with Crippen molar-refractivity contribution in [1.29, 1.82) is 0 Å². The van der Waals surface area contributed by atoms with Gasteiger partial charge in [-0.2, -0.15) is 0 Å². The van der Waals surface area contributed by atoms with E-state index in [0.717, 1.165) is 5.56 Å². The van der Waals surface area contributed by atoms with Gasteiger partial charge in [-0.05, 0) is 25.0 Å². The molecule has 0 spiro atoms. The van der Waals surface area contributed by atoms with Gasteiger partial charge in [-0.25, -0.2) is 0 Å². The smallest absolute Gasteiger partial charge is 0.305 e. The largest absolute Gasteiger partial charge is 0.466 e. The number of nitrogens with one attached hydrogen (secondary N) is 2. The van der Waals surface area contributed by atoms with E-state index < -0.39 is 5.92 Å². The second kappa shape index (κ2) is 7.59. The summed E-state index contributed by atoms with van der Waals surface area (Å²) in [6.45, 7) is 2.50. The van der Waals surface area contributed by atoms with Gasteiger partial charge >= 0.3 is 5.97 Å². The average molecular weight is 304 g/mol. The number of esters is 1. The topological polar surface area (TPSA) is 84.5 Å². The zero-order valence-corrected chi connectivity index (χ0v) is 12.6. The summed E-state index contributed by atoms with van der Waals surface area (Å²) >= 11 is 0. The summed E-state index contributed by atoms with van der Waals surface area (Å²) < 4.78 is 4.82. The van der Waals surface area contributed by atoms with E-state index in [1.54, 1.807) is 13.0 Å². The Morgan fingerprint density at radius 1 is 1.36 bits per heavy atom. The summed E-state index contributed by atoms with van der Waals surface area (Å²) in [6.07, 6.45) is 0.932. The van der Waals surface area contributed by atoms with Crippen LogP contribution in [-0.4, -0.2) is 30.9 Å². The third-order valence-corrected chi connectivity index (χ3v) is 3.48. The molecule has 0 aliphatic carbocycles. The lowest BCUT2D eigenvalue weighted by molar-refractivity contribution is -0.143. The number of rotatable bonds is 6. The summed E-state index contributed by atoms with van der Waals surface area (Å²) in [5.41, 5.74) is 1.51. The highest BCUT2D eigenvalue weighted by atomic mass is 16.5. The molecule has 1 atom stereocenters. The molecule has 0 fully saturated rings. The summed E-state index contributed by atoms with van der Waals surface area (Å²) in [7, 11) is 0. The summed E-state index contributed by atoms with van der Waals surface area (Å²) in [4.78, 5) is 35.2. The predicted octanol–water partition coefficient (Wildman–Crippen LogP) is 1.57. The number of fused-ring (bicyclic) bond motifs is 1. The molecule has 0 saturated heterocycles. The maximum atomic E-state index is 12.3. The molecular weight excluding hydrogens is 284 g/mol. The van der Waals surface area contributed by atoms with Crippen LogP contribution in [0.2, 0.25) is 0 Å². The molecule has 0 radical (unpaired) electrons. The summed E-state index contributed by atoms with van der Waals surface area (Å²) in [5.74, 6) is -1.09. The van der Waals surface area contributed by atoms with Crippen molar-refractivity contribution in [3.05, 3.63) is 29.8 Å². The molecule has 0 saturated carbocycles. The first-order chi connectivity index (χ1) is 10.6. The average Bonchev–Trinajstić information content (AvgIpc) is 2.50. The molecule has 1 aliphatic heterocycles. The van der Waals surface area contributed by atoms with Crippen LogP contribution in [0.1, 0.15) is 37.7 Å². The Bertz CT molecular complexity index is 571. The minimum Gasteiger partial charge on any atom is -0.466 e. The van der Waals surface area contributed by atoms with Gasteiger partial charge in [-0.1, -0.05) is 18.2 Å². The van der Waals surface area contributed by atoms with Crippen LogP contribution >= 0.6 is 0 Å². The second-order valence-corrected chi connectivity index (χ2v) is 5.09. The highest BCUT2D eigenvalue weighted by Crippen LogP contribution is 2.31. The highest BCUT2D eigenvalue weighted by molar-refractivity contribution is 6.01. The predicted molar refractivity (Wildman–Crippen MR) is 81.3 cm³/mol. The highest BCUT2D eigenvalue weighted by Gasteiger charge is 2.30. The van der Waals surface area contributed by atoms with Crippen molar-refractivity contribution < 1.29 is 19.1 Å². The molecule has 1 aromatic carbocycles. The van der Waals surface area contributed by atoms with Crippen molar-refractivity contribution in [2.24, 2.45) is 0 Å². The molecule has 0 aromatic heterocycles. The van der Waals surface area contributed by atoms with Crippen LogP contribution in [-0.2, 0) is 19.1 Å². The van der Waals surface area contributed by atoms with E-state index in [9.17, 15) is 14.4 Å². The lowest BCUT2D eigenvalue weighted by Crippen LogP contribution is -2.35. The molecule has 1 aliphatic rings. The minimum atomic E-state index is -0.479. The SMILES string of the molecule is CCOC(=O)CCCNC(=O)C1CC(=O)Nc2ccccc21. The number of carbonyl (C=O) groups is 3. The van der Waals surface area contributed by atoms with Crippen LogP contribution in [0, 0.1) is 0 Å². The Labute approximate surface area is 129 Å². The number of carbonyl (C=O) groups excluding carboxylic acids is 3. The molecule has 2 rings (SSSR count). The van der Waals surface area contributed by atoms with E-state index >= 15 is 0 Å². The summed E-state index contributed by atoms with van der Waals surface area (Å²) in [5, 5.41) is 5.55. The third-order valence-electron chi connectivity index (χ3n) is 3.48. The number of amides is 2. The molecular formula is C16H20N2O4. The van der Waals surface area contributed by atoms with Gasteiger partial charge < -0.3 is 15.4 Å². The molecule has 0 bridgehead atoms. The van der Waals surface area contributed by atoms with E-state index in [1.165, 1.54) is 0 Å². The van der Waals surface area contributed by atoms with Gasteiger partial charge in [-0.3, -0.25) is 14.4 Å². The first-order valence-corrected chi connectivity index (χ1v) is 7.44. The molecule has 6 heteroatoms. The number of anilines is 1. The Morgan fingerprint density at radius 2 is 2.14 bits per heavy atom. The number of benzene rings is 1. The van der Waals surface area contributed by atoms with Gasteiger partial charge in [0, 0.05) is 25.1 Å². The van der Waals surface area contributed by atoms with Crippen LogP contribution in [0.4, 0.5) is 5.69 Å². The lowest BCUT2D eigenvalue weighted by Gasteiger charge is -2.24. The standard InChI is InChI=1S/C16H20N2O4/c1-2-22-15(20)8-5-9-17-16(21)12-10-14(19)18-13-7-4-3-6-11(12)13/h3-4,6-7,12H,2,5,8-10H2,1H3,(H,17,21)(H,18,19). The Kier molecular flexibility index (Phi) is 5.52. The maximum Gasteiger partial charge on any atom is 0.305 e. The van der Waals surface area contributed by atoms with Crippen molar-refractivity contribution in [2.45, 2.75) is 32.1 Å². The van der Waals surface area contributed by atoms with Crippen LogP contribution in [0.5, 0.6) is 0 Å². The number of ether oxygens (including phenoxy) is 1. The minimum absolute atomic E-state index is 0.140. The van der Waals surface area contributed by atoms with Crippen LogP contribution in [0.3, 0.4) is 0 Å². The van der Waals surface area contributed by atoms with Gasteiger partial charge in [0.05, 0.1) is 12.5 Å². The van der Waals surface area contributed by atoms with E-state index in [4.69, 9.17) is 4.74 Å². The molecule has 1 aromatic rings. The Hall–Kier alpha value is -2.37. The van der Waals surface area contributed by atoms with Crippen molar-refractivity contribution in [3.8, 4) is 0 Å². The van der Waals surface area contributed by atoms with E-state index in [1.807, 2.05) is 18.2 Å². The van der Waals surface area contributed by atoms with Crippen molar-refractivity contribution in [2.75, 3.05) is 18.5 Å². The molecule has 1 unspecified atom stereocenters. The van der Waals surface area contributed by atoms with Gasteiger partial charge in [0.15, 0.2) is 0 Å². The molecule has 22 heavy (non-hydrogen) atoms. The molecule has 2 N–H and O–H groups in total. The zero-order valence-electron chi connectivity index (χ0n) is 12.6. The summed E-state index contributed by atoms with van der Waals surface area (Å²) in [6, 6.07) is 7.29. The number of para-hydroxylation sites is 1. The van der Waals surface area contributed by atoms with Gasteiger partial charge in [-0.15, -0.1) is 0 Å². The Morgan fingerprint density at radius 3 is 2.91 bits per heavy atom. The monoisotopic (exact) mass is 304 g/mol. The first kappa shape index (κ1) is 16.0. The normalized spacial score (nSPS) is 16.4. The second-order valence-electron chi connectivity index (χ2n) is 5.09. The number of hydrogen-bond donors (Lipinski definition) is 2. The van der Waals surface area contributed by atoms with Crippen LogP contribution in [0.25, 0.3) is 0 Å². The number of hydrogen-bond acceptors (Lipinski definition) is 4. The molecule has 118 valence electrons. The van der Waals surface area contributed by atoms with Crippen molar-refractivity contribution in [1.82, 2.24) is 5.32 Å². The Balaban J connectivity index is 1.88. The van der Waals surface area contributed by atoms with Crippen LogP contribution in [0.15, 0.2) is 24.3 Å². The maximum absolute atomic E-state index is 12.3. The fourth-order valence-electron chi connectivity index (χ4n) is 2.45. The molecule has 1 heterocycles. The molecule has 6 nitrogen and oxygen atoms in total. The van der Waals surface area contributed by atoms with Crippen molar-refractivity contribution in [3.63, 3.8) is 0 Å². The lowest BCUT2D eigenvalue weighted by atomic mass is 9.90. The van der Waals surface area contributed by atoms with E-state index in [-0.39, 0.29) is 30.6 Å². The first-order valence-electron chi connectivity index (χ1n) is 7.44. The zero-order chi connectivity index (χ0) is 15.9. The van der Waals surface area contributed by atoms with Gasteiger partial charge in [0.2, 0.25) is 11.8 Å². The quantitative estimate of drug-likeness (QED) is 0.617. The molecule has 2 amide bonds.